The van der Waals surface area contributed by atoms with Gasteiger partial charge in [-0.2, -0.15) is 0 Å². The van der Waals surface area contributed by atoms with Gasteiger partial charge < -0.3 is 9.88 Å². The van der Waals surface area contributed by atoms with Crippen molar-refractivity contribution in [2.75, 3.05) is 5.32 Å². The summed E-state index contributed by atoms with van der Waals surface area (Å²) in [5.74, 6) is 1.65. The van der Waals surface area contributed by atoms with Gasteiger partial charge in [-0.25, -0.2) is 0 Å². The highest BCUT2D eigenvalue weighted by atomic mass is 32.1. The first-order valence-corrected chi connectivity index (χ1v) is 9.97. The number of carbonyl (C=O) groups excluding carboxylic acids is 1. The third-order valence-electron chi connectivity index (χ3n) is 4.79. The maximum atomic E-state index is 12.4. The van der Waals surface area contributed by atoms with Gasteiger partial charge in [-0.05, 0) is 31.9 Å². The summed E-state index contributed by atoms with van der Waals surface area (Å²) in [6.45, 7) is 2.76. The Labute approximate surface area is 160 Å². The number of fused-ring (bicyclic) bond motifs is 1. The molecule has 0 saturated carbocycles. The molecule has 1 N–H and O–H groups in total. The van der Waals surface area contributed by atoms with Gasteiger partial charge in [0.1, 0.15) is 12.4 Å². The fourth-order valence-electron chi connectivity index (χ4n) is 3.37. The van der Waals surface area contributed by atoms with Gasteiger partial charge in [-0.15, -0.1) is 10.2 Å². The molecule has 0 aliphatic carbocycles. The first kappa shape index (κ1) is 17.7. The van der Waals surface area contributed by atoms with Crippen molar-refractivity contribution < 1.29 is 4.79 Å². The maximum absolute atomic E-state index is 12.4. The van der Waals surface area contributed by atoms with Crippen LogP contribution in [0.4, 0.5) is 5.69 Å². The Morgan fingerprint density at radius 3 is 2.96 bits per heavy atom. The summed E-state index contributed by atoms with van der Waals surface area (Å²) in [5.41, 5.74) is 2.40. The van der Waals surface area contributed by atoms with Crippen molar-refractivity contribution in [3.8, 4) is 11.4 Å². The number of aromatic nitrogens is 4. The smallest absolute Gasteiger partial charge is 0.307 e. The van der Waals surface area contributed by atoms with Crippen LogP contribution < -0.4 is 10.2 Å². The summed E-state index contributed by atoms with van der Waals surface area (Å²) in [6.07, 6.45) is 4.44. The lowest BCUT2D eigenvalue weighted by molar-refractivity contribution is -0.116. The zero-order valence-electron chi connectivity index (χ0n) is 15.1. The SMILES string of the molecule is Cc1csc(=O)n1CC(=O)Nc1cccc(-c2nnc3n2CCCCC3)c1. The number of hydrogen-bond donors (Lipinski definition) is 1. The minimum Gasteiger partial charge on any atom is -0.325 e. The quantitative estimate of drug-likeness (QED) is 0.751. The van der Waals surface area contributed by atoms with E-state index in [1.54, 1.807) is 5.38 Å². The van der Waals surface area contributed by atoms with E-state index in [1.165, 1.54) is 11.0 Å². The first-order valence-electron chi connectivity index (χ1n) is 9.09. The van der Waals surface area contributed by atoms with Crippen LogP contribution in [0.15, 0.2) is 34.4 Å². The Hall–Kier alpha value is -2.74. The minimum absolute atomic E-state index is 0.0126. The summed E-state index contributed by atoms with van der Waals surface area (Å²) in [6, 6.07) is 7.62. The van der Waals surface area contributed by atoms with Crippen LogP contribution in [0.2, 0.25) is 0 Å². The molecule has 140 valence electrons. The molecule has 3 aromatic rings. The van der Waals surface area contributed by atoms with E-state index in [9.17, 15) is 9.59 Å². The lowest BCUT2D eigenvalue weighted by Gasteiger charge is -2.10. The Morgan fingerprint density at radius 1 is 1.26 bits per heavy atom. The van der Waals surface area contributed by atoms with Crippen molar-refractivity contribution >= 4 is 22.9 Å². The molecule has 0 radical (unpaired) electrons. The number of rotatable bonds is 4. The zero-order valence-corrected chi connectivity index (χ0v) is 16.0. The highest BCUT2D eigenvalue weighted by Crippen LogP contribution is 2.24. The third kappa shape index (κ3) is 3.71. The van der Waals surface area contributed by atoms with E-state index in [0.717, 1.165) is 60.1 Å². The van der Waals surface area contributed by atoms with Crippen LogP contribution >= 0.6 is 11.3 Å². The molecule has 0 spiro atoms. The molecule has 0 bridgehead atoms. The van der Waals surface area contributed by atoms with E-state index >= 15 is 0 Å². The molecule has 27 heavy (non-hydrogen) atoms. The van der Waals surface area contributed by atoms with Gasteiger partial charge in [0.15, 0.2) is 5.82 Å². The monoisotopic (exact) mass is 383 g/mol. The summed E-state index contributed by atoms with van der Waals surface area (Å²) in [7, 11) is 0. The average Bonchev–Trinajstić information content (AvgIpc) is 3.10. The third-order valence-corrected chi connectivity index (χ3v) is 5.67. The molecular weight excluding hydrogens is 362 g/mol. The highest BCUT2D eigenvalue weighted by molar-refractivity contribution is 7.07. The standard InChI is InChI=1S/C19H21N5O2S/c1-13-12-27-19(26)24(13)11-17(25)20-15-7-5-6-14(10-15)18-22-21-16-8-3-2-4-9-23(16)18/h5-7,10,12H,2-4,8-9,11H2,1H3,(H,20,25). The Bertz CT molecular complexity index is 1030. The molecule has 0 fully saturated rings. The molecule has 1 aromatic carbocycles. The second-order valence-electron chi connectivity index (χ2n) is 6.76. The predicted octanol–water partition coefficient (Wildman–Crippen LogP) is 2.84. The summed E-state index contributed by atoms with van der Waals surface area (Å²) < 4.78 is 3.66. The number of aryl methyl sites for hydroxylation is 2. The fourth-order valence-corrected chi connectivity index (χ4v) is 4.11. The number of anilines is 1. The number of nitrogens with zero attached hydrogens (tertiary/aromatic N) is 4. The van der Waals surface area contributed by atoms with Crippen molar-refractivity contribution in [2.24, 2.45) is 0 Å². The fraction of sp³-hybridized carbons (Fsp3) is 0.368. The molecule has 0 saturated heterocycles. The van der Waals surface area contributed by atoms with Crippen LogP contribution in [-0.2, 0) is 24.3 Å². The van der Waals surface area contributed by atoms with Crippen LogP contribution in [0, 0.1) is 6.92 Å². The zero-order chi connectivity index (χ0) is 18.8. The lowest BCUT2D eigenvalue weighted by atomic mass is 10.2. The Kier molecular flexibility index (Phi) is 4.89. The Morgan fingerprint density at radius 2 is 2.15 bits per heavy atom. The second kappa shape index (κ2) is 7.48. The molecule has 4 rings (SSSR count). The van der Waals surface area contributed by atoms with Crippen molar-refractivity contribution in [3.05, 3.63) is 50.8 Å². The molecule has 1 amide bonds. The van der Waals surface area contributed by atoms with E-state index < -0.39 is 0 Å². The van der Waals surface area contributed by atoms with Crippen molar-refractivity contribution in [1.82, 2.24) is 19.3 Å². The average molecular weight is 383 g/mol. The molecule has 7 nitrogen and oxygen atoms in total. The van der Waals surface area contributed by atoms with Crippen LogP contribution in [-0.4, -0.2) is 25.2 Å². The lowest BCUT2D eigenvalue weighted by Crippen LogP contribution is -2.25. The van der Waals surface area contributed by atoms with E-state index in [-0.39, 0.29) is 17.3 Å². The molecular formula is C19H21N5O2S. The van der Waals surface area contributed by atoms with Gasteiger partial charge in [0, 0.05) is 35.3 Å². The van der Waals surface area contributed by atoms with Gasteiger partial charge in [-0.3, -0.25) is 14.2 Å². The maximum Gasteiger partial charge on any atom is 0.307 e. The number of hydrogen-bond acceptors (Lipinski definition) is 5. The molecule has 2 aromatic heterocycles. The molecule has 0 unspecified atom stereocenters. The first-order chi connectivity index (χ1) is 13.1. The summed E-state index contributed by atoms with van der Waals surface area (Å²) >= 11 is 1.10. The van der Waals surface area contributed by atoms with Crippen molar-refractivity contribution in [3.63, 3.8) is 0 Å². The topological polar surface area (TPSA) is 81.8 Å². The molecule has 8 heteroatoms. The minimum atomic E-state index is -0.226. The van der Waals surface area contributed by atoms with Crippen molar-refractivity contribution in [1.29, 1.82) is 0 Å². The van der Waals surface area contributed by atoms with Gasteiger partial charge in [0.2, 0.25) is 5.91 Å². The predicted molar refractivity (Wildman–Crippen MR) is 105 cm³/mol. The number of benzene rings is 1. The number of carbonyl (C=O) groups is 1. The van der Waals surface area contributed by atoms with Gasteiger partial charge in [0.05, 0.1) is 0 Å². The van der Waals surface area contributed by atoms with Gasteiger partial charge >= 0.3 is 4.87 Å². The number of nitrogens with one attached hydrogen (secondary N) is 1. The van der Waals surface area contributed by atoms with Crippen LogP contribution in [0.1, 0.15) is 30.8 Å². The number of amides is 1. The highest BCUT2D eigenvalue weighted by Gasteiger charge is 2.16. The van der Waals surface area contributed by atoms with Crippen LogP contribution in [0.25, 0.3) is 11.4 Å². The van der Waals surface area contributed by atoms with Gasteiger partial charge in [0.25, 0.3) is 0 Å². The molecule has 0 atom stereocenters. The summed E-state index contributed by atoms with van der Waals surface area (Å²) in [4.78, 5) is 24.0. The number of thiazole rings is 1. The van der Waals surface area contributed by atoms with E-state index in [0.29, 0.717) is 5.69 Å². The molecule has 3 heterocycles. The van der Waals surface area contributed by atoms with Crippen LogP contribution in [0.3, 0.4) is 0 Å². The van der Waals surface area contributed by atoms with E-state index in [2.05, 4.69) is 20.1 Å². The summed E-state index contributed by atoms with van der Waals surface area (Å²) in [5, 5.41) is 13.3. The van der Waals surface area contributed by atoms with Crippen LogP contribution in [0.5, 0.6) is 0 Å². The Balaban J connectivity index is 1.54. The van der Waals surface area contributed by atoms with E-state index in [4.69, 9.17) is 0 Å². The largest absolute Gasteiger partial charge is 0.325 e. The second-order valence-corrected chi connectivity index (χ2v) is 7.58. The normalized spacial score (nSPS) is 13.8. The van der Waals surface area contributed by atoms with Gasteiger partial charge in [-0.1, -0.05) is 29.9 Å². The molecule has 1 aliphatic rings. The van der Waals surface area contributed by atoms with E-state index in [1.807, 2.05) is 31.2 Å². The van der Waals surface area contributed by atoms with Crippen molar-refractivity contribution in [2.45, 2.75) is 45.7 Å². The molecule has 1 aliphatic heterocycles.